The summed E-state index contributed by atoms with van der Waals surface area (Å²) in [6.45, 7) is 2.54. The highest BCUT2D eigenvalue weighted by molar-refractivity contribution is 14.0. The summed E-state index contributed by atoms with van der Waals surface area (Å²) >= 11 is 0. The Hall–Kier alpha value is -3.14. The van der Waals surface area contributed by atoms with Gasteiger partial charge in [0, 0.05) is 45.8 Å². The molecule has 0 bridgehead atoms. The van der Waals surface area contributed by atoms with E-state index in [0.29, 0.717) is 35.8 Å². The molecular formula is C23H29FIN9. The van der Waals surface area contributed by atoms with Gasteiger partial charge >= 0.3 is 0 Å². The molecular weight excluding hydrogens is 548 g/mol. The number of anilines is 1. The van der Waals surface area contributed by atoms with Gasteiger partial charge in [-0.25, -0.2) is 9.07 Å². The quantitative estimate of drug-likeness (QED) is 0.202. The lowest BCUT2D eigenvalue weighted by atomic mass is 10.0. The third-order valence-electron chi connectivity index (χ3n) is 5.95. The van der Waals surface area contributed by atoms with Gasteiger partial charge in [-0.2, -0.15) is 15.5 Å². The molecule has 0 radical (unpaired) electrons. The van der Waals surface area contributed by atoms with Crippen molar-refractivity contribution in [3.05, 3.63) is 59.3 Å². The molecule has 0 saturated carbocycles. The molecule has 3 N–H and O–H groups in total. The molecule has 11 heteroatoms. The van der Waals surface area contributed by atoms with Crippen molar-refractivity contribution in [2.45, 2.75) is 25.2 Å². The lowest BCUT2D eigenvalue weighted by Gasteiger charge is -2.21. The molecule has 9 nitrogen and oxygen atoms in total. The van der Waals surface area contributed by atoms with E-state index in [9.17, 15) is 9.65 Å². The number of nitrogens with zero attached hydrogens (tertiary/aromatic N) is 7. The first-order valence-electron chi connectivity index (χ1n) is 11.0. The van der Waals surface area contributed by atoms with Crippen molar-refractivity contribution in [3.8, 4) is 11.8 Å². The Bertz CT molecular complexity index is 1180. The SMILES string of the molecule is CN=C(NCCCc1nn(-c2ccc(F)cc2)c(N)c1C#N)N1CCC(c2cnn(C)c2)C1.I. The number of nitrogen functional groups attached to an aromatic ring is 1. The van der Waals surface area contributed by atoms with Gasteiger partial charge in [0.05, 0.1) is 17.6 Å². The summed E-state index contributed by atoms with van der Waals surface area (Å²) < 4.78 is 16.6. The van der Waals surface area contributed by atoms with Crippen molar-refractivity contribution < 1.29 is 4.39 Å². The zero-order chi connectivity index (χ0) is 23.4. The third-order valence-corrected chi connectivity index (χ3v) is 5.95. The number of halogens is 2. The molecule has 2 aromatic heterocycles. The normalized spacial score (nSPS) is 15.8. The van der Waals surface area contributed by atoms with Gasteiger partial charge in [0.15, 0.2) is 5.96 Å². The van der Waals surface area contributed by atoms with Gasteiger partial charge in [-0.3, -0.25) is 9.67 Å². The Kier molecular flexibility index (Phi) is 8.49. The molecule has 0 spiro atoms. The minimum atomic E-state index is -0.338. The van der Waals surface area contributed by atoms with E-state index in [-0.39, 0.29) is 35.6 Å². The summed E-state index contributed by atoms with van der Waals surface area (Å²) in [5.74, 6) is 1.25. The second-order valence-electron chi connectivity index (χ2n) is 8.16. The first-order chi connectivity index (χ1) is 16.0. The molecule has 1 aliphatic heterocycles. The van der Waals surface area contributed by atoms with Crippen molar-refractivity contribution in [3.63, 3.8) is 0 Å². The minimum Gasteiger partial charge on any atom is -0.382 e. The maximum absolute atomic E-state index is 13.2. The Morgan fingerprint density at radius 1 is 1.35 bits per heavy atom. The molecule has 3 heterocycles. The Balaban J connectivity index is 0.00000324. The fourth-order valence-electron chi connectivity index (χ4n) is 4.22. The van der Waals surface area contributed by atoms with E-state index in [0.717, 1.165) is 31.9 Å². The predicted octanol–water partition coefficient (Wildman–Crippen LogP) is 2.81. The van der Waals surface area contributed by atoms with E-state index in [1.165, 1.54) is 22.4 Å². The van der Waals surface area contributed by atoms with Crippen LogP contribution in [0.2, 0.25) is 0 Å². The van der Waals surface area contributed by atoms with Crippen LogP contribution in [-0.2, 0) is 13.5 Å². The largest absolute Gasteiger partial charge is 0.382 e. The van der Waals surface area contributed by atoms with Crippen molar-refractivity contribution in [2.75, 3.05) is 32.4 Å². The highest BCUT2D eigenvalue weighted by Gasteiger charge is 2.26. The summed E-state index contributed by atoms with van der Waals surface area (Å²) in [7, 11) is 3.73. The molecule has 1 saturated heterocycles. The molecule has 1 atom stereocenters. The molecule has 1 aromatic carbocycles. The zero-order valence-corrected chi connectivity index (χ0v) is 21.6. The third kappa shape index (κ3) is 5.49. The smallest absolute Gasteiger partial charge is 0.193 e. The Morgan fingerprint density at radius 3 is 2.76 bits per heavy atom. The number of guanidine groups is 1. The highest BCUT2D eigenvalue weighted by atomic mass is 127. The summed E-state index contributed by atoms with van der Waals surface area (Å²) in [6, 6.07) is 8.01. The van der Waals surface area contributed by atoms with E-state index in [2.05, 4.69) is 37.7 Å². The summed E-state index contributed by atoms with van der Waals surface area (Å²) in [5, 5.41) is 21.8. The number of aliphatic imine (C=N–C) groups is 1. The van der Waals surface area contributed by atoms with Gasteiger partial charge in [0.2, 0.25) is 0 Å². The molecule has 1 fully saturated rings. The highest BCUT2D eigenvalue weighted by Crippen LogP contribution is 2.26. The first-order valence-corrected chi connectivity index (χ1v) is 11.0. The monoisotopic (exact) mass is 577 g/mol. The average Bonchev–Trinajstić information content (AvgIpc) is 3.53. The second kappa shape index (κ2) is 11.3. The van der Waals surface area contributed by atoms with Crippen LogP contribution >= 0.6 is 24.0 Å². The Labute approximate surface area is 215 Å². The van der Waals surface area contributed by atoms with Gasteiger partial charge in [0.1, 0.15) is 23.3 Å². The van der Waals surface area contributed by atoms with Crippen LogP contribution in [0.15, 0.2) is 41.7 Å². The summed E-state index contributed by atoms with van der Waals surface area (Å²) in [5.41, 5.74) is 9.01. The topological polar surface area (TPSA) is 113 Å². The van der Waals surface area contributed by atoms with Crippen LogP contribution in [0, 0.1) is 17.1 Å². The number of aryl methyl sites for hydroxylation is 2. The first kappa shape index (κ1) is 25.5. The number of hydrogen-bond donors (Lipinski definition) is 2. The lowest BCUT2D eigenvalue weighted by Crippen LogP contribution is -2.40. The van der Waals surface area contributed by atoms with E-state index < -0.39 is 0 Å². The summed E-state index contributed by atoms with van der Waals surface area (Å²) in [4.78, 5) is 6.70. The van der Waals surface area contributed by atoms with Crippen molar-refractivity contribution in [2.24, 2.45) is 12.0 Å². The molecule has 0 amide bonds. The molecule has 180 valence electrons. The van der Waals surface area contributed by atoms with Crippen LogP contribution in [-0.4, -0.2) is 57.1 Å². The molecule has 1 unspecified atom stereocenters. The van der Waals surface area contributed by atoms with Gasteiger partial charge in [-0.1, -0.05) is 0 Å². The van der Waals surface area contributed by atoms with Crippen LogP contribution in [0.5, 0.6) is 0 Å². The molecule has 34 heavy (non-hydrogen) atoms. The number of rotatable bonds is 6. The van der Waals surface area contributed by atoms with Gasteiger partial charge in [-0.15, -0.1) is 24.0 Å². The van der Waals surface area contributed by atoms with E-state index in [1.54, 1.807) is 19.2 Å². The maximum Gasteiger partial charge on any atom is 0.193 e. The fourth-order valence-corrected chi connectivity index (χ4v) is 4.22. The number of hydrogen-bond acceptors (Lipinski definition) is 5. The van der Waals surface area contributed by atoms with E-state index >= 15 is 0 Å². The number of aromatic nitrogens is 4. The van der Waals surface area contributed by atoms with Gasteiger partial charge < -0.3 is 16.0 Å². The lowest BCUT2D eigenvalue weighted by molar-refractivity contribution is 0.484. The van der Waals surface area contributed by atoms with Crippen LogP contribution < -0.4 is 11.1 Å². The minimum absolute atomic E-state index is 0. The zero-order valence-electron chi connectivity index (χ0n) is 19.3. The van der Waals surface area contributed by atoms with Gasteiger partial charge in [0.25, 0.3) is 0 Å². The number of benzene rings is 1. The maximum atomic E-state index is 13.2. The number of nitriles is 1. The van der Waals surface area contributed by atoms with Crippen molar-refractivity contribution in [1.29, 1.82) is 5.26 Å². The molecule has 0 aliphatic carbocycles. The number of likely N-dealkylation sites (tertiary alicyclic amines) is 1. The van der Waals surface area contributed by atoms with E-state index in [4.69, 9.17) is 5.73 Å². The summed E-state index contributed by atoms with van der Waals surface area (Å²) in [6.07, 6.45) is 6.43. The average molecular weight is 577 g/mol. The molecule has 1 aliphatic rings. The number of nitrogens with two attached hydrogens (primary N) is 1. The van der Waals surface area contributed by atoms with Gasteiger partial charge in [-0.05, 0) is 49.1 Å². The van der Waals surface area contributed by atoms with Crippen LogP contribution in [0.4, 0.5) is 10.2 Å². The molecule has 4 rings (SSSR count). The van der Waals surface area contributed by atoms with Crippen LogP contribution in [0.1, 0.15) is 35.6 Å². The van der Waals surface area contributed by atoms with Crippen molar-refractivity contribution >= 4 is 35.8 Å². The fraction of sp³-hybridized carbons (Fsp3) is 0.391. The van der Waals surface area contributed by atoms with Crippen LogP contribution in [0.3, 0.4) is 0 Å². The number of nitrogens with one attached hydrogen (secondary N) is 1. The molecule has 3 aromatic rings. The van der Waals surface area contributed by atoms with Crippen molar-refractivity contribution in [1.82, 2.24) is 29.8 Å². The van der Waals surface area contributed by atoms with Crippen LogP contribution in [0.25, 0.3) is 5.69 Å². The van der Waals surface area contributed by atoms with E-state index in [1.807, 2.05) is 17.9 Å². The second-order valence-corrected chi connectivity index (χ2v) is 8.16. The predicted molar refractivity (Wildman–Crippen MR) is 140 cm³/mol. The Morgan fingerprint density at radius 2 is 2.12 bits per heavy atom. The standard InChI is InChI=1S/C23H28FN9.HI/c1-27-23(32-11-9-16(15-32)17-13-29-31(2)14-17)28-10-3-4-21-20(12-25)22(26)33(30-21)19-7-5-18(24)6-8-19;/h5-8,13-14,16H,3-4,9-11,15,26H2,1-2H3,(H,27,28);1H.